The van der Waals surface area contributed by atoms with Crippen molar-refractivity contribution in [3.63, 3.8) is 0 Å². The number of aryl methyl sites for hydroxylation is 1. The van der Waals surface area contributed by atoms with Crippen molar-refractivity contribution in [1.29, 1.82) is 0 Å². The van der Waals surface area contributed by atoms with Crippen LogP contribution in [0.1, 0.15) is 41.9 Å². The quantitative estimate of drug-likeness (QED) is 0.892. The fraction of sp³-hybridized carbons (Fsp3) is 0.579. The maximum Gasteiger partial charge on any atom is 0.254 e. The third kappa shape index (κ3) is 2.88. The Bertz CT molecular complexity index is 799. The first kappa shape index (κ1) is 17.7. The van der Waals surface area contributed by atoms with Crippen molar-refractivity contribution in [2.45, 2.75) is 44.9 Å². The largest absolute Gasteiger partial charge is 0.361 e. The first-order valence-electron chi connectivity index (χ1n) is 9.22. The number of nitrogens with zero attached hydrogens (tertiary/aromatic N) is 3. The molecule has 1 amide bonds. The average molecular weight is 375 g/mol. The molecule has 2 aliphatic rings. The molecule has 0 aromatic carbocycles. The van der Waals surface area contributed by atoms with Gasteiger partial charge in [-0.05, 0) is 43.8 Å². The smallest absolute Gasteiger partial charge is 0.254 e. The highest BCUT2D eigenvalue weighted by Crippen LogP contribution is 2.41. The van der Waals surface area contributed by atoms with Gasteiger partial charge in [0.1, 0.15) is 0 Å². The van der Waals surface area contributed by atoms with E-state index in [0.717, 1.165) is 18.8 Å². The number of likely N-dealkylation sites (tertiary alicyclic amines) is 1. The lowest BCUT2D eigenvalue weighted by Gasteiger charge is -2.37. The summed E-state index contributed by atoms with van der Waals surface area (Å²) in [5.74, 6) is -0.0105. The van der Waals surface area contributed by atoms with Crippen LogP contribution >= 0.6 is 11.3 Å². The van der Waals surface area contributed by atoms with Crippen LogP contribution in [0.3, 0.4) is 0 Å². The molecule has 140 valence electrons. The summed E-state index contributed by atoms with van der Waals surface area (Å²) < 4.78 is 8.22. The van der Waals surface area contributed by atoms with Crippen LogP contribution in [0.4, 0.5) is 0 Å². The molecule has 2 atom stereocenters. The minimum absolute atomic E-state index is 0.00987. The molecule has 1 N–H and O–H groups in total. The summed E-state index contributed by atoms with van der Waals surface area (Å²) in [6.07, 6.45) is 1.83. The molecule has 2 fully saturated rings. The molecular weight excluding hydrogens is 348 g/mol. The lowest BCUT2D eigenvalue weighted by Crippen LogP contribution is -2.59. The SMILES string of the molecule is Cc1ccsc1CN1C[C@H](c2ccnn2C(C)C)[C@]2(C1)OCCNC2=O. The molecule has 6 nitrogen and oxygen atoms in total. The van der Waals surface area contributed by atoms with Gasteiger partial charge in [-0.3, -0.25) is 14.4 Å². The molecule has 0 bridgehead atoms. The van der Waals surface area contributed by atoms with Crippen LogP contribution in [0.15, 0.2) is 23.7 Å². The van der Waals surface area contributed by atoms with Crippen LogP contribution in [0.2, 0.25) is 0 Å². The van der Waals surface area contributed by atoms with Gasteiger partial charge in [0.15, 0.2) is 5.60 Å². The van der Waals surface area contributed by atoms with Crippen molar-refractivity contribution in [3.05, 3.63) is 39.8 Å². The second-order valence-corrected chi connectivity index (χ2v) is 8.54. The number of hydrogen-bond donors (Lipinski definition) is 1. The molecule has 2 aromatic rings. The van der Waals surface area contributed by atoms with Crippen molar-refractivity contribution in [2.75, 3.05) is 26.2 Å². The molecule has 2 saturated heterocycles. The summed E-state index contributed by atoms with van der Waals surface area (Å²) in [7, 11) is 0. The zero-order valence-electron chi connectivity index (χ0n) is 15.6. The molecule has 7 heteroatoms. The molecule has 4 rings (SSSR count). The fourth-order valence-electron chi connectivity index (χ4n) is 4.16. The number of aromatic nitrogens is 2. The van der Waals surface area contributed by atoms with Crippen LogP contribution in [0, 0.1) is 6.92 Å². The Labute approximate surface area is 158 Å². The maximum absolute atomic E-state index is 12.9. The van der Waals surface area contributed by atoms with Crippen LogP contribution < -0.4 is 5.32 Å². The van der Waals surface area contributed by atoms with Gasteiger partial charge in [0.05, 0.1) is 12.5 Å². The van der Waals surface area contributed by atoms with E-state index in [1.54, 1.807) is 11.3 Å². The summed E-state index contributed by atoms with van der Waals surface area (Å²) in [6, 6.07) is 4.44. The molecule has 0 saturated carbocycles. The maximum atomic E-state index is 12.9. The lowest BCUT2D eigenvalue weighted by atomic mass is 9.86. The van der Waals surface area contributed by atoms with E-state index in [1.165, 1.54) is 10.4 Å². The number of rotatable bonds is 4. The van der Waals surface area contributed by atoms with Gasteiger partial charge >= 0.3 is 0 Å². The van der Waals surface area contributed by atoms with E-state index in [2.05, 4.69) is 47.5 Å². The Hall–Kier alpha value is -1.70. The highest BCUT2D eigenvalue weighted by Gasteiger charge is 2.56. The number of morpholine rings is 1. The monoisotopic (exact) mass is 374 g/mol. The minimum Gasteiger partial charge on any atom is -0.361 e. The molecule has 0 radical (unpaired) electrons. The Morgan fingerprint density at radius 1 is 1.46 bits per heavy atom. The average Bonchev–Trinajstić information content (AvgIpc) is 3.31. The highest BCUT2D eigenvalue weighted by molar-refractivity contribution is 7.10. The highest BCUT2D eigenvalue weighted by atomic mass is 32.1. The molecule has 26 heavy (non-hydrogen) atoms. The van der Waals surface area contributed by atoms with Crippen LogP contribution in [-0.4, -0.2) is 52.4 Å². The fourth-order valence-corrected chi connectivity index (χ4v) is 5.10. The third-order valence-corrected chi connectivity index (χ3v) is 6.48. The Morgan fingerprint density at radius 3 is 3.00 bits per heavy atom. The summed E-state index contributed by atoms with van der Waals surface area (Å²) in [6.45, 7) is 9.79. The number of amides is 1. The number of thiophene rings is 1. The van der Waals surface area contributed by atoms with Gasteiger partial charge in [0.2, 0.25) is 0 Å². The van der Waals surface area contributed by atoms with Crippen LogP contribution in [-0.2, 0) is 16.1 Å². The standard InChI is InChI=1S/C19H26N4O2S/c1-13(2)23-16(4-6-21-23)15-10-22(11-17-14(3)5-9-26-17)12-19(15)18(24)20-7-8-25-19/h4-6,9,13,15H,7-8,10-12H2,1-3H3,(H,20,24)/t15-,19+/m1/s1. The predicted molar refractivity (Wildman–Crippen MR) is 101 cm³/mol. The van der Waals surface area contributed by atoms with Gasteiger partial charge in [0, 0.05) is 49.0 Å². The van der Waals surface area contributed by atoms with Gasteiger partial charge in [-0.2, -0.15) is 5.10 Å². The second kappa shape index (κ2) is 6.79. The Morgan fingerprint density at radius 2 is 2.31 bits per heavy atom. The molecular formula is C19H26N4O2S. The Kier molecular flexibility index (Phi) is 4.62. The first-order valence-corrected chi connectivity index (χ1v) is 10.1. The number of carbonyl (C=O) groups excluding carboxylic acids is 1. The van der Waals surface area contributed by atoms with Gasteiger partial charge in [-0.15, -0.1) is 11.3 Å². The van der Waals surface area contributed by atoms with Crippen molar-refractivity contribution >= 4 is 17.2 Å². The number of ether oxygens (including phenoxy) is 1. The van der Waals surface area contributed by atoms with Gasteiger partial charge in [-0.25, -0.2) is 0 Å². The number of carbonyl (C=O) groups is 1. The molecule has 0 unspecified atom stereocenters. The van der Waals surface area contributed by atoms with Crippen molar-refractivity contribution < 1.29 is 9.53 Å². The zero-order chi connectivity index (χ0) is 18.3. The lowest BCUT2D eigenvalue weighted by molar-refractivity contribution is -0.155. The third-order valence-electron chi connectivity index (χ3n) is 5.48. The van der Waals surface area contributed by atoms with E-state index in [-0.39, 0.29) is 17.9 Å². The molecule has 0 aliphatic carbocycles. The van der Waals surface area contributed by atoms with Crippen molar-refractivity contribution in [2.24, 2.45) is 0 Å². The van der Waals surface area contributed by atoms with E-state index in [9.17, 15) is 4.79 Å². The van der Waals surface area contributed by atoms with Gasteiger partial charge in [-0.1, -0.05) is 0 Å². The topological polar surface area (TPSA) is 59.4 Å². The molecule has 4 heterocycles. The van der Waals surface area contributed by atoms with E-state index in [0.29, 0.717) is 19.7 Å². The molecule has 2 aliphatic heterocycles. The van der Waals surface area contributed by atoms with E-state index >= 15 is 0 Å². The summed E-state index contributed by atoms with van der Waals surface area (Å²) >= 11 is 1.78. The Balaban J connectivity index is 1.68. The normalized spacial score (nSPS) is 26.8. The molecule has 1 spiro atoms. The number of hydrogen-bond acceptors (Lipinski definition) is 5. The van der Waals surface area contributed by atoms with Crippen LogP contribution in [0.5, 0.6) is 0 Å². The summed E-state index contributed by atoms with van der Waals surface area (Å²) in [4.78, 5) is 16.6. The van der Waals surface area contributed by atoms with E-state index in [4.69, 9.17) is 4.74 Å². The summed E-state index contributed by atoms with van der Waals surface area (Å²) in [5.41, 5.74) is 1.58. The van der Waals surface area contributed by atoms with Crippen LogP contribution in [0.25, 0.3) is 0 Å². The van der Waals surface area contributed by atoms with E-state index in [1.807, 2.05) is 16.9 Å². The van der Waals surface area contributed by atoms with E-state index < -0.39 is 5.60 Å². The summed E-state index contributed by atoms with van der Waals surface area (Å²) in [5, 5.41) is 9.65. The van der Waals surface area contributed by atoms with Crippen molar-refractivity contribution in [3.8, 4) is 0 Å². The molecule has 2 aromatic heterocycles. The van der Waals surface area contributed by atoms with Gasteiger partial charge < -0.3 is 10.1 Å². The number of nitrogens with one attached hydrogen (secondary N) is 1. The van der Waals surface area contributed by atoms with Crippen molar-refractivity contribution in [1.82, 2.24) is 20.0 Å². The predicted octanol–water partition coefficient (Wildman–Crippen LogP) is 2.32. The van der Waals surface area contributed by atoms with Gasteiger partial charge in [0.25, 0.3) is 5.91 Å². The second-order valence-electron chi connectivity index (χ2n) is 7.54. The zero-order valence-corrected chi connectivity index (χ0v) is 16.4. The minimum atomic E-state index is -0.823. The first-order chi connectivity index (χ1) is 12.5.